The van der Waals surface area contributed by atoms with Crippen LogP contribution in [-0.4, -0.2) is 37.2 Å². The molecule has 6 heteroatoms. The van der Waals surface area contributed by atoms with Gasteiger partial charge in [0.15, 0.2) is 5.82 Å². The molecule has 2 heterocycles. The Kier molecular flexibility index (Phi) is 4.52. The first-order chi connectivity index (χ1) is 11.1. The van der Waals surface area contributed by atoms with Crippen LogP contribution in [0, 0.1) is 12.7 Å². The van der Waals surface area contributed by atoms with Crippen LogP contribution in [0.1, 0.15) is 15.9 Å². The fourth-order valence-corrected chi connectivity index (χ4v) is 2.55. The highest BCUT2D eigenvalue weighted by Crippen LogP contribution is 2.24. The molecule has 0 unspecified atom stereocenters. The number of carbonyl (C=O) groups excluding carboxylic acids is 1. The van der Waals surface area contributed by atoms with E-state index in [0.717, 1.165) is 18.7 Å². The zero-order valence-corrected chi connectivity index (χ0v) is 12.9. The third-order valence-electron chi connectivity index (χ3n) is 3.79. The van der Waals surface area contributed by atoms with Crippen LogP contribution in [0.3, 0.4) is 0 Å². The van der Waals surface area contributed by atoms with Gasteiger partial charge in [0.2, 0.25) is 0 Å². The third-order valence-corrected chi connectivity index (χ3v) is 3.79. The van der Waals surface area contributed by atoms with Crippen molar-refractivity contribution in [3.8, 4) is 0 Å². The highest BCUT2D eigenvalue weighted by molar-refractivity contribution is 6.06. The van der Waals surface area contributed by atoms with Gasteiger partial charge in [-0.25, -0.2) is 9.37 Å². The Morgan fingerprint density at radius 2 is 2.09 bits per heavy atom. The van der Waals surface area contributed by atoms with Gasteiger partial charge in [0.1, 0.15) is 5.82 Å². The summed E-state index contributed by atoms with van der Waals surface area (Å²) in [5.74, 6) is -0.0666. The van der Waals surface area contributed by atoms with Gasteiger partial charge in [0, 0.05) is 24.8 Å². The predicted molar refractivity (Wildman–Crippen MR) is 86.4 cm³/mol. The van der Waals surface area contributed by atoms with Gasteiger partial charge in [-0.15, -0.1) is 0 Å². The lowest BCUT2D eigenvalue weighted by atomic mass is 10.1. The number of nitrogens with one attached hydrogen (secondary N) is 1. The van der Waals surface area contributed by atoms with Crippen LogP contribution in [0.2, 0.25) is 0 Å². The van der Waals surface area contributed by atoms with E-state index in [4.69, 9.17) is 4.74 Å². The lowest BCUT2D eigenvalue weighted by Gasteiger charge is -2.29. The highest BCUT2D eigenvalue weighted by Gasteiger charge is 2.18. The van der Waals surface area contributed by atoms with Crippen molar-refractivity contribution < 1.29 is 13.9 Å². The summed E-state index contributed by atoms with van der Waals surface area (Å²) >= 11 is 0. The van der Waals surface area contributed by atoms with Crippen LogP contribution in [0.25, 0.3) is 0 Å². The van der Waals surface area contributed by atoms with Crippen LogP contribution >= 0.6 is 0 Å². The second-order valence-electron chi connectivity index (χ2n) is 5.39. The van der Waals surface area contributed by atoms with Crippen LogP contribution < -0.4 is 10.2 Å². The number of morpholine rings is 1. The molecule has 1 amide bonds. The van der Waals surface area contributed by atoms with Gasteiger partial charge in [-0.05, 0) is 36.8 Å². The maximum absolute atomic E-state index is 13.4. The number of aryl methyl sites for hydroxylation is 1. The molecule has 1 aliphatic heterocycles. The van der Waals surface area contributed by atoms with Crippen molar-refractivity contribution in [3.63, 3.8) is 0 Å². The van der Waals surface area contributed by atoms with Crippen LogP contribution in [0.15, 0.2) is 36.5 Å². The predicted octanol–water partition coefficient (Wildman–Crippen LogP) is 2.62. The van der Waals surface area contributed by atoms with Gasteiger partial charge in [0.25, 0.3) is 5.91 Å². The minimum atomic E-state index is -0.430. The quantitative estimate of drug-likeness (QED) is 0.946. The van der Waals surface area contributed by atoms with Crippen molar-refractivity contribution in [2.45, 2.75) is 6.92 Å². The molecule has 0 aliphatic carbocycles. The molecule has 1 aromatic heterocycles. The normalized spacial score (nSPS) is 14.6. The number of benzene rings is 1. The molecule has 1 N–H and O–H groups in total. The van der Waals surface area contributed by atoms with Gasteiger partial charge < -0.3 is 15.0 Å². The molecular formula is C17H18FN3O2. The standard InChI is InChI=1S/C17H18FN3O2/c1-12-4-5-13(18)11-14(12)17(22)20-15-3-2-6-19-16(15)21-7-9-23-10-8-21/h2-6,11H,7-10H2,1H3,(H,20,22). The van der Waals surface area contributed by atoms with E-state index < -0.39 is 5.82 Å². The summed E-state index contributed by atoms with van der Waals surface area (Å²) in [6.07, 6.45) is 1.69. The lowest BCUT2D eigenvalue weighted by molar-refractivity contribution is 0.102. The molecule has 5 nitrogen and oxygen atoms in total. The number of pyridine rings is 1. The fraction of sp³-hybridized carbons (Fsp3) is 0.294. The van der Waals surface area contributed by atoms with E-state index in [1.165, 1.54) is 12.1 Å². The van der Waals surface area contributed by atoms with Gasteiger partial charge in [-0.1, -0.05) is 6.07 Å². The molecule has 3 rings (SSSR count). The molecule has 23 heavy (non-hydrogen) atoms. The zero-order valence-electron chi connectivity index (χ0n) is 12.9. The van der Waals surface area contributed by atoms with Crippen LogP contribution in [0.5, 0.6) is 0 Å². The second-order valence-corrected chi connectivity index (χ2v) is 5.39. The number of anilines is 2. The lowest BCUT2D eigenvalue weighted by Crippen LogP contribution is -2.37. The van der Waals surface area contributed by atoms with E-state index in [1.54, 1.807) is 31.3 Å². The molecule has 1 aliphatic rings. The monoisotopic (exact) mass is 315 g/mol. The summed E-state index contributed by atoms with van der Waals surface area (Å²) < 4.78 is 18.7. The van der Waals surface area contributed by atoms with Crippen LogP contribution in [-0.2, 0) is 4.74 Å². The van der Waals surface area contributed by atoms with E-state index in [9.17, 15) is 9.18 Å². The van der Waals surface area contributed by atoms with Crippen molar-refractivity contribution >= 4 is 17.4 Å². The van der Waals surface area contributed by atoms with Crippen molar-refractivity contribution in [1.29, 1.82) is 0 Å². The molecular weight excluding hydrogens is 297 g/mol. The van der Waals surface area contributed by atoms with Crippen molar-refractivity contribution in [3.05, 3.63) is 53.5 Å². The SMILES string of the molecule is Cc1ccc(F)cc1C(=O)Nc1cccnc1N1CCOCC1. The fourth-order valence-electron chi connectivity index (χ4n) is 2.55. The molecule has 1 aromatic carbocycles. The molecule has 0 spiro atoms. The number of halogens is 1. The number of hydrogen-bond donors (Lipinski definition) is 1. The molecule has 2 aromatic rings. The van der Waals surface area contributed by atoms with E-state index in [0.29, 0.717) is 30.3 Å². The average molecular weight is 315 g/mol. The maximum atomic E-state index is 13.4. The molecule has 0 atom stereocenters. The summed E-state index contributed by atoms with van der Waals surface area (Å²) in [5.41, 5.74) is 1.66. The smallest absolute Gasteiger partial charge is 0.256 e. The van der Waals surface area contributed by atoms with E-state index in [-0.39, 0.29) is 5.91 Å². The number of ether oxygens (including phenoxy) is 1. The van der Waals surface area contributed by atoms with E-state index in [1.807, 2.05) is 0 Å². The van der Waals surface area contributed by atoms with Gasteiger partial charge in [0.05, 0.1) is 18.9 Å². The number of nitrogens with zero attached hydrogens (tertiary/aromatic N) is 2. The van der Waals surface area contributed by atoms with Crippen molar-refractivity contribution in [2.75, 3.05) is 36.5 Å². The number of rotatable bonds is 3. The van der Waals surface area contributed by atoms with Crippen molar-refractivity contribution in [2.24, 2.45) is 0 Å². The largest absolute Gasteiger partial charge is 0.378 e. The summed E-state index contributed by atoms with van der Waals surface area (Å²) in [4.78, 5) is 18.9. The summed E-state index contributed by atoms with van der Waals surface area (Å²) in [6, 6.07) is 7.74. The summed E-state index contributed by atoms with van der Waals surface area (Å²) in [5, 5.41) is 2.84. The number of carbonyl (C=O) groups is 1. The van der Waals surface area contributed by atoms with Gasteiger partial charge in [-0.3, -0.25) is 4.79 Å². The zero-order chi connectivity index (χ0) is 16.2. The topological polar surface area (TPSA) is 54.5 Å². The van der Waals surface area contributed by atoms with E-state index in [2.05, 4.69) is 15.2 Å². The van der Waals surface area contributed by atoms with Gasteiger partial charge >= 0.3 is 0 Å². The van der Waals surface area contributed by atoms with E-state index >= 15 is 0 Å². The Hall–Kier alpha value is -2.47. The molecule has 0 bridgehead atoms. The van der Waals surface area contributed by atoms with Crippen molar-refractivity contribution in [1.82, 2.24) is 4.98 Å². The minimum Gasteiger partial charge on any atom is -0.378 e. The minimum absolute atomic E-state index is 0.321. The molecule has 1 saturated heterocycles. The number of hydrogen-bond acceptors (Lipinski definition) is 4. The Labute approximate surface area is 134 Å². The first-order valence-corrected chi connectivity index (χ1v) is 7.50. The Bertz CT molecular complexity index is 715. The molecule has 0 saturated carbocycles. The molecule has 1 fully saturated rings. The molecule has 0 radical (unpaired) electrons. The van der Waals surface area contributed by atoms with Crippen LogP contribution in [0.4, 0.5) is 15.9 Å². The third kappa shape index (κ3) is 3.48. The van der Waals surface area contributed by atoms with Gasteiger partial charge in [-0.2, -0.15) is 0 Å². The Morgan fingerprint density at radius 3 is 2.87 bits per heavy atom. The summed E-state index contributed by atoms with van der Waals surface area (Å²) in [6.45, 7) is 4.48. The molecule has 120 valence electrons. The second kappa shape index (κ2) is 6.75. The number of aromatic nitrogens is 1. The Balaban J connectivity index is 1.85. The Morgan fingerprint density at radius 1 is 1.30 bits per heavy atom. The number of amides is 1. The first-order valence-electron chi connectivity index (χ1n) is 7.50. The average Bonchev–Trinajstić information content (AvgIpc) is 2.58. The highest BCUT2D eigenvalue weighted by atomic mass is 19.1. The first kappa shape index (κ1) is 15.4. The maximum Gasteiger partial charge on any atom is 0.256 e. The summed E-state index contributed by atoms with van der Waals surface area (Å²) in [7, 11) is 0.